The van der Waals surface area contributed by atoms with Crippen LogP contribution < -0.4 is 0 Å². The van der Waals surface area contributed by atoms with E-state index in [9.17, 15) is 4.79 Å². The predicted octanol–water partition coefficient (Wildman–Crippen LogP) is 3.12. The fourth-order valence-corrected chi connectivity index (χ4v) is 4.06. The highest BCUT2D eigenvalue weighted by molar-refractivity contribution is 9.12. The highest BCUT2D eigenvalue weighted by atomic mass is 79.9. The molecular weight excluding hydrogens is 268 g/mol. The second-order valence-electron chi connectivity index (χ2n) is 5.24. The van der Waals surface area contributed by atoms with Crippen molar-refractivity contribution in [3.8, 4) is 0 Å². The third-order valence-electron chi connectivity index (χ3n) is 4.43. The van der Waals surface area contributed by atoms with E-state index >= 15 is 0 Å². The molecule has 2 atom stereocenters. The van der Waals surface area contributed by atoms with E-state index in [1.165, 1.54) is 12.0 Å². The molecule has 1 saturated heterocycles. The van der Waals surface area contributed by atoms with Crippen molar-refractivity contribution in [2.45, 2.75) is 38.2 Å². The molecule has 0 amide bonds. The van der Waals surface area contributed by atoms with Crippen LogP contribution in [0.3, 0.4) is 0 Å². The molecular formula is C13H15BrO2. The van der Waals surface area contributed by atoms with Crippen LogP contribution in [-0.2, 0) is 9.53 Å². The maximum atomic E-state index is 11.7. The zero-order valence-electron chi connectivity index (χ0n) is 9.38. The van der Waals surface area contributed by atoms with Gasteiger partial charge in [0.2, 0.25) is 0 Å². The number of carbonyl (C=O) groups excluding carboxylic acids is 1. The molecule has 1 saturated carbocycles. The molecule has 86 valence electrons. The fraction of sp³-hybridized carbons (Fsp3) is 0.615. The largest absolute Gasteiger partial charge is 0.366 e. The maximum absolute atomic E-state index is 11.7. The molecule has 2 nitrogen and oxygen atoms in total. The lowest BCUT2D eigenvalue weighted by Crippen LogP contribution is -2.48. The van der Waals surface area contributed by atoms with Gasteiger partial charge in [0.25, 0.3) is 0 Å². The number of rotatable bonds is 0. The summed E-state index contributed by atoms with van der Waals surface area (Å²) in [6.45, 7) is 3.10. The Morgan fingerprint density at radius 2 is 2.25 bits per heavy atom. The van der Waals surface area contributed by atoms with E-state index in [-0.39, 0.29) is 16.8 Å². The highest BCUT2D eigenvalue weighted by Crippen LogP contribution is 2.58. The molecule has 0 unspecified atom stereocenters. The van der Waals surface area contributed by atoms with Gasteiger partial charge in [0.05, 0.1) is 4.48 Å². The lowest BCUT2D eigenvalue weighted by molar-refractivity contribution is -0.111. The van der Waals surface area contributed by atoms with Crippen molar-refractivity contribution in [3.63, 3.8) is 0 Å². The second kappa shape index (κ2) is 3.30. The Labute approximate surface area is 104 Å². The van der Waals surface area contributed by atoms with E-state index in [0.717, 1.165) is 30.4 Å². The topological polar surface area (TPSA) is 26.3 Å². The fourth-order valence-electron chi connectivity index (χ4n) is 3.44. The highest BCUT2D eigenvalue weighted by Gasteiger charge is 2.57. The standard InChI is InChI=1S/C13H15BrO2/c1-12-5-2-3-9-11(14)10(15)4-6-13(9,12)16-8-7-12/h4,6H,2-3,5,7-8H2,1H3/t12-,13-/m1/s1. The van der Waals surface area contributed by atoms with Crippen LogP contribution in [0.1, 0.15) is 32.6 Å². The van der Waals surface area contributed by atoms with Gasteiger partial charge in [-0.3, -0.25) is 4.79 Å². The summed E-state index contributed by atoms with van der Waals surface area (Å²) in [6, 6.07) is 0. The normalized spacial score (nSPS) is 42.2. The van der Waals surface area contributed by atoms with Crippen molar-refractivity contribution in [1.29, 1.82) is 0 Å². The van der Waals surface area contributed by atoms with E-state index in [2.05, 4.69) is 22.9 Å². The molecule has 1 heterocycles. The molecule has 0 aromatic heterocycles. The Kier molecular flexibility index (Phi) is 2.21. The van der Waals surface area contributed by atoms with Gasteiger partial charge in [-0.05, 0) is 59.3 Å². The first-order valence-corrected chi connectivity index (χ1v) is 6.65. The van der Waals surface area contributed by atoms with Gasteiger partial charge in [-0.25, -0.2) is 0 Å². The molecule has 3 heteroatoms. The van der Waals surface area contributed by atoms with Gasteiger partial charge >= 0.3 is 0 Å². The minimum absolute atomic E-state index is 0.0837. The molecule has 1 aliphatic heterocycles. The van der Waals surface area contributed by atoms with Gasteiger partial charge in [-0.15, -0.1) is 0 Å². The predicted molar refractivity (Wildman–Crippen MR) is 65.4 cm³/mol. The summed E-state index contributed by atoms with van der Waals surface area (Å²) in [5, 5.41) is 0. The maximum Gasteiger partial charge on any atom is 0.192 e. The zero-order chi connectivity index (χ0) is 11.4. The number of hydrogen-bond acceptors (Lipinski definition) is 2. The quantitative estimate of drug-likeness (QED) is 0.682. The van der Waals surface area contributed by atoms with Gasteiger partial charge in [-0.2, -0.15) is 0 Å². The molecule has 3 rings (SSSR count). The summed E-state index contributed by atoms with van der Waals surface area (Å²) in [7, 11) is 0. The third-order valence-corrected chi connectivity index (χ3v) is 5.30. The zero-order valence-corrected chi connectivity index (χ0v) is 11.0. The molecule has 2 aliphatic carbocycles. The summed E-state index contributed by atoms with van der Waals surface area (Å²) in [4.78, 5) is 11.7. The van der Waals surface area contributed by atoms with Crippen LogP contribution in [-0.4, -0.2) is 18.0 Å². The molecule has 0 bridgehead atoms. The van der Waals surface area contributed by atoms with Crippen molar-refractivity contribution >= 4 is 21.7 Å². The average Bonchev–Trinajstić information content (AvgIpc) is 2.60. The number of hydrogen-bond donors (Lipinski definition) is 0. The summed E-state index contributed by atoms with van der Waals surface area (Å²) in [5.41, 5.74) is 1.06. The van der Waals surface area contributed by atoms with Crippen LogP contribution >= 0.6 is 15.9 Å². The van der Waals surface area contributed by atoms with Crippen LogP contribution in [0.15, 0.2) is 22.2 Å². The molecule has 1 spiro atoms. The number of halogens is 1. The van der Waals surface area contributed by atoms with Crippen molar-refractivity contribution in [3.05, 3.63) is 22.2 Å². The number of allylic oxidation sites excluding steroid dienone is 2. The summed E-state index contributed by atoms with van der Waals surface area (Å²) < 4.78 is 6.78. The number of ketones is 1. The molecule has 0 aromatic rings. The Morgan fingerprint density at radius 1 is 1.44 bits per heavy atom. The second-order valence-corrected chi connectivity index (χ2v) is 6.03. The van der Waals surface area contributed by atoms with Crippen molar-refractivity contribution in [2.75, 3.05) is 6.61 Å². The van der Waals surface area contributed by atoms with Crippen LogP contribution in [0.25, 0.3) is 0 Å². The van der Waals surface area contributed by atoms with Gasteiger partial charge in [-0.1, -0.05) is 6.92 Å². The Morgan fingerprint density at radius 3 is 3.06 bits per heavy atom. The van der Waals surface area contributed by atoms with Crippen LogP contribution in [0, 0.1) is 5.41 Å². The first kappa shape index (κ1) is 10.7. The summed E-state index contributed by atoms with van der Waals surface area (Å²) in [5.74, 6) is 0.0837. The van der Waals surface area contributed by atoms with E-state index in [4.69, 9.17) is 4.74 Å². The molecule has 2 fully saturated rings. The molecule has 16 heavy (non-hydrogen) atoms. The number of carbonyl (C=O) groups is 1. The third kappa shape index (κ3) is 1.13. The lowest BCUT2D eigenvalue weighted by atomic mass is 9.60. The Bertz CT molecular complexity index is 424. The van der Waals surface area contributed by atoms with Gasteiger partial charge in [0.1, 0.15) is 5.60 Å². The average molecular weight is 283 g/mol. The SMILES string of the molecule is C[C@]12CCCC3=C(Br)C(=O)C=C[C@@]31OCC2. The Hall–Kier alpha value is -0.410. The van der Waals surface area contributed by atoms with Crippen LogP contribution in [0.5, 0.6) is 0 Å². The number of ether oxygens (including phenoxy) is 1. The van der Waals surface area contributed by atoms with Gasteiger partial charge in [0, 0.05) is 12.0 Å². The Balaban J connectivity index is 2.19. The molecule has 0 radical (unpaired) electrons. The summed E-state index contributed by atoms with van der Waals surface area (Å²) in [6.07, 6.45) is 8.09. The molecule has 0 N–H and O–H groups in total. The summed E-state index contributed by atoms with van der Waals surface area (Å²) >= 11 is 3.45. The smallest absolute Gasteiger partial charge is 0.192 e. The first-order chi connectivity index (χ1) is 7.59. The van der Waals surface area contributed by atoms with Crippen molar-refractivity contribution in [2.24, 2.45) is 5.41 Å². The van der Waals surface area contributed by atoms with Gasteiger partial charge in [0.15, 0.2) is 5.78 Å². The first-order valence-electron chi connectivity index (χ1n) is 5.86. The minimum Gasteiger partial charge on any atom is -0.366 e. The minimum atomic E-state index is -0.294. The molecule has 0 aromatic carbocycles. The van der Waals surface area contributed by atoms with E-state index in [1.54, 1.807) is 6.08 Å². The van der Waals surface area contributed by atoms with Gasteiger partial charge < -0.3 is 4.74 Å². The van der Waals surface area contributed by atoms with E-state index < -0.39 is 0 Å². The monoisotopic (exact) mass is 282 g/mol. The van der Waals surface area contributed by atoms with Crippen molar-refractivity contribution < 1.29 is 9.53 Å². The van der Waals surface area contributed by atoms with E-state index in [1.807, 2.05) is 6.08 Å². The van der Waals surface area contributed by atoms with Crippen molar-refractivity contribution in [1.82, 2.24) is 0 Å². The van der Waals surface area contributed by atoms with Crippen LogP contribution in [0.2, 0.25) is 0 Å². The lowest BCUT2D eigenvalue weighted by Gasteiger charge is -2.47. The molecule has 3 aliphatic rings. The van der Waals surface area contributed by atoms with E-state index in [0.29, 0.717) is 0 Å². The van der Waals surface area contributed by atoms with Crippen LogP contribution in [0.4, 0.5) is 0 Å².